The van der Waals surface area contributed by atoms with Crippen molar-refractivity contribution in [3.05, 3.63) is 30.3 Å². The monoisotopic (exact) mass is 531 g/mol. The molecule has 1 aromatic rings. The molecular weight excluding hydrogens is 497 g/mol. The molecule has 2 N–H and O–H groups in total. The molecule has 6 nitrogen and oxygen atoms in total. The van der Waals surface area contributed by atoms with Crippen LogP contribution in [0.4, 0.5) is 5.69 Å². The van der Waals surface area contributed by atoms with Crippen molar-refractivity contribution in [1.29, 1.82) is 0 Å². The quantitative estimate of drug-likeness (QED) is 0.346. The number of halogens is 1. The number of aliphatic imine (C=N–C) groups is 1. The van der Waals surface area contributed by atoms with Gasteiger partial charge in [-0.3, -0.25) is 9.89 Å². The topological polar surface area (TPSA) is 52.1 Å². The largest absolute Gasteiger partial charge is 0.379 e. The lowest BCUT2D eigenvalue weighted by molar-refractivity contribution is -0.0120. The molecule has 0 aromatic heterocycles. The Kier molecular flexibility index (Phi) is 8.76. The first-order valence-electron chi connectivity index (χ1n) is 10.5. The smallest absolute Gasteiger partial charge is 0.191 e. The molecule has 2 atom stereocenters. The number of thioether (sulfide) groups is 1. The van der Waals surface area contributed by atoms with Gasteiger partial charge in [0.2, 0.25) is 0 Å². The number of ether oxygens (including phenoxy) is 1. The highest BCUT2D eigenvalue weighted by Gasteiger charge is 2.40. The number of anilines is 1. The second-order valence-corrected chi connectivity index (χ2v) is 9.07. The Labute approximate surface area is 196 Å². The maximum atomic E-state index is 5.58. The van der Waals surface area contributed by atoms with E-state index in [1.165, 1.54) is 23.6 Å². The van der Waals surface area contributed by atoms with E-state index in [9.17, 15) is 0 Å². The summed E-state index contributed by atoms with van der Waals surface area (Å²) in [5.74, 6) is 3.38. The number of para-hydroxylation sites is 1. The normalized spacial score (nSPS) is 28.2. The van der Waals surface area contributed by atoms with Crippen molar-refractivity contribution in [2.75, 3.05) is 69.4 Å². The van der Waals surface area contributed by atoms with Crippen LogP contribution in [0, 0.1) is 0 Å². The second-order valence-electron chi connectivity index (χ2n) is 7.96. The van der Waals surface area contributed by atoms with Crippen LogP contribution in [-0.4, -0.2) is 86.9 Å². The number of nitrogens with zero attached hydrogens (tertiary/aromatic N) is 3. The summed E-state index contributed by atoms with van der Waals surface area (Å²) >= 11 is 2.08. The first-order chi connectivity index (χ1) is 13.8. The maximum absolute atomic E-state index is 5.58. The van der Waals surface area contributed by atoms with Gasteiger partial charge in [0, 0.05) is 62.8 Å². The molecule has 8 heteroatoms. The fourth-order valence-electron chi connectivity index (χ4n) is 4.52. The molecular formula is C21H34IN5OS. The Bertz CT molecular complexity index is 650. The lowest BCUT2D eigenvalue weighted by Crippen LogP contribution is -2.60. The third kappa shape index (κ3) is 5.71. The molecule has 162 valence electrons. The number of hydrogen-bond donors (Lipinski definition) is 2. The van der Waals surface area contributed by atoms with Gasteiger partial charge >= 0.3 is 0 Å². The van der Waals surface area contributed by atoms with Gasteiger partial charge in [-0.05, 0) is 30.7 Å². The molecule has 3 heterocycles. The fourth-order valence-corrected chi connectivity index (χ4v) is 6.00. The molecule has 0 bridgehead atoms. The lowest BCUT2D eigenvalue weighted by Gasteiger charge is -2.43. The predicted molar refractivity (Wildman–Crippen MR) is 134 cm³/mol. The molecule has 0 amide bonds. The van der Waals surface area contributed by atoms with E-state index in [1.54, 1.807) is 0 Å². The van der Waals surface area contributed by atoms with E-state index in [4.69, 9.17) is 4.74 Å². The Morgan fingerprint density at radius 3 is 2.72 bits per heavy atom. The molecule has 0 spiro atoms. The van der Waals surface area contributed by atoms with Crippen LogP contribution in [0.2, 0.25) is 0 Å². The number of hydrogen-bond acceptors (Lipinski definition) is 5. The Morgan fingerprint density at radius 1 is 1.24 bits per heavy atom. The number of benzene rings is 1. The summed E-state index contributed by atoms with van der Waals surface area (Å²) in [6, 6.07) is 11.1. The molecule has 3 fully saturated rings. The zero-order valence-corrected chi connectivity index (χ0v) is 20.5. The first kappa shape index (κ1) is 23.0. The number of guanidine groups is 1. The van der Waals surface area contributed by atoms with Crippen molar-refractivity contribution in [3.63, 3.8) is 0 Å². The molecule has 3 aliphatic heterocycles. The minimum atomic E-state index is 0. The zero-order valence-electron chi connectivity index (χ0n) is 17.3. The molecule has 2 unspecified atom stereocenters. The van der Waals surface area contributed by atoms with Gasteiger partial charge in [0.25, 0.3) is 0 Å². The van der Waals surface area contributed by atoms with E-state index in [0.717, 1.165) is 58.3 Å². The van der Waals surface area contributed by atoms with Crippen molar-refractivity contribution in [2.24, 2.45) is 4.99 Å². The number of nitrogens with one attached hydrogen (secondary N) is 2. The van der Waals surface area contributed by atoms with Crippen LogP contribution < -0.4 is 15.5 Å². The standard InChI is InChI=1S/C21H33N5OS.HI/c1-22-20(24-18-7-9-25(15-18)19-5-3-2-4-6-19)23-16-21(8-14-28-17-21)26-10-12-27-13-11-26;/h2-6,18H,7-17H2,1H3,(H2,22,23,24);1H. The van der Waals surface area contributed by atoms with E-state index in [-0.39, 0.29) is 29.5 Å². The van der Waals surface area contributed by atoms with Gasteiger partial charge in [-0.15, -0.1) is 24.0 Å². The van der Waals surface area contributed by atoms with Crippen LogP contribution in [0.1, 0.15) is 12.8 Å². The lowest BCUT2D eigenvalue weighted by atomic mass is 9.95. The Morgan fingerprint density at radius 2 is 2.03 bits per heavy atom. The summed E-state index contributed by atoms with van der Waals surface area (Å²) in [6.45, 7) is 6.87. The van der Waals surface area contributed by atoms with Crippen molar-refractivity contribution in [2.45, 2.75) is 24.4 Å². The van der Waals surface area contributed by atoms with Gasteiger partial charge in [0.05, 0.1) is 13.2 Å². The van der Waals surface area contributed by atoms with Gasteiger partial charge in [0.15, 0.2) is 5.96 Å². The molecule has 0 saturated carbocycles. The third-order valence-electron chi connectivity index (χ3n) is 6.22. The van der Waals surface area contributed by atoms with Gasteiger partial charge in [-0.25, -0.2) is 0 Å². The average Bonchev–Trinajstić information content (AvgIpc) is 3.43. The SMILES string of the molecule is CN=C(NCC1(N2CCOCC2)CCSC1)NC1CCN(c2ccccc2)C1.I. The molecule has 1 aromatic carbocycles. The molecule has 3 saturated heterocycles. The van der Waals surface area contributed by atoms with Crippen LogP contribution in [0.25, 0.3) is 0 Å². The fraction of sp³-hybridized carbons (Fsp3) is 0.667. The highest BCUT2D eigenvalue weighted by atomic mass is 127. The summed E-state index contributed by atoms with van der Waals surface area (Å²) in [7, 11) is 1.88. The highest BCUT2D eigenvalue weighted by molar-refractivity contribution is 14.0. The van der Waals surface area contributed by atoms with E-state index in [1.807, 2.05) is 7.05 Å². The summed E-state index contributed by atoms with van der Waals surface area (Å²) in [6.07, 6.45) is 2.38. The summed E-state index contributed by atoms with van der Waals surface area (Å²) < 4.78 is 5.58. The van der Waals surface area contributed by atoms with Crippen LogP contribution >= 0.6 is 35.7 Å². The Hall–Kier alpha value is -0.710. The molecule has 0 radical (unpaired) electrons. The van der Waals surface area contributed by atoms with Crippen molar-refractivity contribution >= 4 is 47.4 Å². The number of rotatable bonds is 5. The summed E-state index contributed by atoms with van der Waals surface area (Å²) in [4.78, 5) is 9.61. The van der Waals surface area contributed by atoms with E-state index in [0.29, 0.717) is 6.04 Å². The summed E-state index contributed by atoms with van der Waals surface area (Å²) in [5, 5.41) is 7.31. The van der Waals surface area contributed by atoms with E-state index >= 15 is 0 Å². The predicted octanol–water partition coefficient (Wildman–Crippen LogP) is 2.26. The van der Waals surface area contributed by atoms with Crippen LogP contribution in [0.3, 0.4) is 0 Å². The minimum Gasteiger partial charge on any atom is -0.379 e. The average molecular weight is 532 g/mol. The summed E-state index contributed by atoms with van der Waals surface area (Å²) in [5.41, 5.74) is 1.54. The molecule has 4 rings (SSSR count). The van der Waals surface area contributed by atoms with Gasteiger partial charge in [-0.2, -0.15) is 11.8 Å². The second kappa shape index (κ2) is 11.1. The van der Waals surface area contributed by atoms with Crippen molar-refractivity contribution in [3.8, 4) is 0 Å². The van der Waals surface area contributed by atoms with E-state index in [2.05, 4.69) is 67.5 Å². The third-order valence-corrected chi connectivity index (χ3v) is 7.46. The Balaban J connectivity index is 0.00000240. The van der Waals surface area contributed by atoms with Gasteiger partial charge in [-0.1, -0.05) is 18.2 Å². The van der Waals surface area contributed by atoms with Gasteiger partial charge in [0.1, 0.15) is 0 Å². The van der Waals surface area contributed by atoms with Crippen molar-refractivity contribution < 1.29 is 4.74 Å². The minimum absolute atomic E-state index is 0. The van der Waals surface area contributed by atoms with Gasteiger partial charge < -0.3 is 20.3 Å². The van der Waals surface area contributed by atoms with E-state index < -0.39 is 0 Å². The first-order valence-corrected chi connectivity index (χ1v) is 11.6. The highest BCUT2D eigenvalue weighted by Crippen LogP contribution is 2.33. The molecule has 29 heavy (non-hydrogen) atoms. The van der Waals surface area contributed by atoms with Crippen molar-refractivity contribution in [1.82, 2.24) is 15.5 Å². The van der Waals surface area contributed by atoms with Crippen LogP contribution in [-0.2, 0) is 4.74 Å². The molecule has 0 aliphatic carbocycles. The number of morpholine rings is 1. The maximum Gasteiger partial charge on any atom is 0.191 e. The molecule has 3 aliphatic rings. The van der Waals surface area contributed by atoms with Crippen LogP contribution in [0.5, 0.6) is 0 Å². The zero-order chi connectivity index (χ0) is 19.2. The van der Waals surface area contributed by atoms with Crippen LogP contribution in [0.15, 0.2) is 35.3 Å².